The van der Waals surface area contributed by atoms with Crippen molar-refractivity contribution in [3.8, 4) is 0 Å². The van der Waals surface area contributed by atoms with E-state index < -0.39 is 0 Å². The third-order valence-corrected chi connectivity index (χ3v) is 6.00. The number of hydrogen-bond acceptors (Lipinski definition) is 3. The Morgan fingerprint density at radius 2 is 1.37 bits per heavy atom. The number of piperazine rings is 1. The summed E-state index contributed by atoms with van der Waals surface area (Å²) in [5.74, 6) is 0.494. The van der Waals surface area contributed by atoms with E-state index in [9.17, 15) is 4.79 Å². The normalized spacial score (nSPS) is 16.3. The van der Waals surface area contributed by atoms with Gasteiger partial charge < -0.3 is 4.90 Å². The topological polar surface area (TPSA) is 23.6 Å². The minimum Gasteiger partial charge on any atom is -0.300 e. The molecule has 0 aromatic heterocycles. The van der Waals surface area contributed by atoms with Crippen LogP contribution in [0.3, 0.4) is 0 Å². The van der Waals surface area contributed by atoms with E-state index in [1.54, 1.807) is 0 Å². The van der Waals surface area contributed by atoms with E-state index in [1.807, 2.05) is 42.5 Å². The van der Waals surface area contributed by atoms with Crippen LogP contribution in [0.15, 0.2) is 84.9 Å². The highest BCUT2D eigenvalue weighted by molar-refractivity contribution is 6.09. The van der Waals surface area contributed by atoms with Crippen molar-refractivity contribution in [3.05, 3.63) is 107 Å². The molecule has 154 valence electrons. The third-order valence-electron chi connectivity index (χ3n) is 6.00. The average molecular weight is 399 g/mol. The fourth-order valence-corrected chi connectivity index (χ4v) is 4.21. The van der Waals surface area contributed by atoms with Gasteiger partial charge in [-0.2, -0.15) is 0 Å². The predicted molar refractivity (Wildman–Crippen MR) is 123 cm³/mol. The first kappa shape index (κ1) is 20.5. The highest BCUT2D eigenvalue weighted by atomic mass is 16.1. The maximum Gasteiger partial charge on any atom is 0.193 e. The quantitative estimate of drug-likeness (QED) is 0.532. The van der Waals surface area contributed by atoms with Crippen LogP contribution < -0.4 is 0 Å². The fourth-order valence-electron chi connectivity index (χ4n) is 4.21. The monoisotopic (exact) mass is 398 g/mol. The van der Waals surface area contributed by atoms with Gasteiger partial charge in [-0.15, -0.1) is 0 Å². The molecule has 1 aliphatic heterocycles. The second-order valence-electron chi connectivity index (χ2n) is 8.28. The molecule has 1 saturated heterocycles. The lowest BCUT2D eigenvalue weighted by atomic mass is 9.95. The molecule has 3 aromatic carbocycles. The molecule has 1 heterocycles. The second-order valence-corrected chi connectivity index (χ2v) is 8.28. The summed E-state index contributed by atoms with van der Waals surface area (Å²) in [5.41, 5.74) is 4.15. The van der Waals surface area contributed by atoms with Crippen LogP contribution in [-0.2, 0) is 6.54 Å². The number of nitrogens with zero attached hydrogens (tertiary/aromatic N) is 2. The Labute approximate surface area is 180 Å². The summed E-state index contributed by atoms with van der Waals surface area (Å²) < 4.78 is 0. The van der Waals surface area contributed by atoms with Crippen LogP contribution in [-0.4, -0.2) is 48.3 Å². The van der Waals surface area contributed by atoms with Crippen LogP contribution in [0, 0.1) is 0 Å². The molecule has 1 fully saturated rings. The molecule has 0 amide bonds. The van der Waals surface area contributed by atoms with Gasteiger partial charge in [0.2, 0.25) is 0 Å². The zero-order valence-corrected chi connectivity index (χ0v) is 17.7. The molecule has 0 N–H and O–H groups in total. The summed E-state index contributed by atoms with van der Waals surface area (Å²) in [6, 6.07) is 28.4. The Morgan fingerprint density at radius 1 is 0.767 bits per heavy atom. The zero-order valence-electron chi connectivity index (χ0n) is 17.7. The molecule has 1 aliphatic rings. The molecule has 3 nitrogen and oxygen atoms in total. The fraction of sp³-hybridized carbons (Fsp3) is 0.296. The summed E-state index contributed by atoms with van der Waals surface area (Å²) in [6.45, 7) is 8.74. The van der Waals surface area contributed by atoms with Crippen LogP contribution in [0.5, 0.6) is 0 Å². The van der Waals surface area contributed by atoms with Gasteiger partial charge in [0.25, 0.3) is 0 Å². The predicted octanol–water partition coefficient (Wildman–Crippen LogP) is 4.84. The highest BCUT2D eigenvalue weighted by Gasteiger charge is 2.20. The number of carbonyl (C=O) groups excluding carboxylic acids is 1. The van der Waals surface area contributed by atoms with Gasteiger partial charge in [-0.25, -0.2) is 0 Å². The molecule has 1 atom stereocenters. The minimum atomic E-state index is 0.0965. The van der Waals surface area contributed by atoms with Crippen LogP contribution in [0.2, 0.25) is 0 Å². The van der Waals surface area contributed by atoms with Crippen molar-refractivity contribution in [1.29, 1.82) is 0 Å². The van der Waals surface area contributed by atoms with Gasteiger partial charge in [-0.3, -0.25) is 9.69 Å². The molecule has 0 saturated carbocycles. The van der Waals surface area contributed by atoms with Gasteiger partial charge in [0.1, 0.15) is 0 Å². The van der Waals surface area contributed by atoms with E-state index in [1.165, 1.54) is 11.1 Å². The largest absolute Gasteiger partial charge is 0.300 e. The average Bonchev–Trinajstić information content (AvgIpc) is 2.81. The molecule has 0 spiro atoms. The zero-order chi connectivity index (χ0) is 20.8. The summed E-state index contributed by atoms with van der Waals surface area (Å²) >= 11 is 0. The summed E-state index contributed by atoms with van der Waals surface area (Å²) in [6.07, 6.45) is 0. The number of hydrogen-bond donors (Lipinski definition) is 0. The van der Waals surface area contributed by atoms with E-state index in [2.05, 4.69) is 59.2 Å². The molecular formula is C27H30N2O. The molecular weight excluding hydrogens is 368 g/mol. The van der Waals surface area contributed by atoms with Gasteiger partial charge >= 0.3 is 0 Å². The maximum atomic E-state index is 12.8. The van der Waals surface area contributed by atoms with Gasteiger partial charge in [-0.05, 0) is 23.1 Å². The van der Waals surface area contributed by atoms with Crippen molar-refractivity contribution in [1.82, 2.24) is 9.80 Å². The lowest BCUT2D eigenvalue weighted by Crippen LogP contribution is -2.46. The van der Waals surface area contributed by atoms with E-state index in [0.29, 0.717) is 5.92 Å². The molecule has 4 rings (SSSR count). The number of carbonyl (C=O) groups is 1. The summed E-state index contributed by atoms with van der Waals surface area (Å²) in [4.78, 5) is 17.9. The van der Waals surface area contributed by atoms with Gasteiger partial charge in [-0.1, -0.05) is 85.8 Å². The van der Waals surface area contributed by atoms with Gasteiger partial charge in [0, 0.05) is 50.4 Å². The smallest absolute Gasteiger partial charge is 0.193 e. The Kier molecular flexibility index (Phi) is 6.73. The summed E-state index contributed by atoms with van der Waals surface area (Å²) in [7, 11) is 0. The Balaban J connectivity index is 1.32. The number of ketones is 1. The maximum absolute atomic E-state index is 12.8. The van der Waals surface area contributed by atoms with Crippen LogP contribution in [0.4, 0.5) is 0 Å². The molecule has 0 bridgehead atoms. The lowest BCUT2D eigenvalue weighted by Gasteiger charge is -2.36. The first-order chi connectivity index (χ1) is 14.7. The standard InChI is InChI=1S/C27H30N2O/c1-22(20-28-15-17-29(18-16-28)21-23-9-4-2-5-10-23)25-13-8-14-26(19-25)27(30)24-11-6-3-7-12-24/h2-14,19,22H,15-18,20-21H2,1H3. The van der Waals surface area contributed by atoms with Crippen LogP contribution >= 0.6 is 0 Å². The molecule has 0 aliphatic carbocycles. The lowest BCUT2D eigenvalue weighted by molar-refractivity contribution is 0.103. The van der Waals surface area contributed by atoms with Gasteiger partial charge in [0.15, 0.2) is 5.78 Å². The molecule has 3 aromatic rings. The molecule has 0 radical (unpaired) electrons. The van der Waals surface area contributed by atoms with E-state index >= 15 is 0 Å². The second kappa shape index (κ2) is 9.84. The molecule has 30 heavy (non-hydrogen) atoms. The van der Waals surface area contributed by atoms with E-state index in [4.69, 9.17) is 0 Å². The van der Waals surface area contributed by atoms with Gasteiger partial charge in [0.05, 0.1) is 0 Å². The Bertz CT molecular complexity index is 947. The van der Waals surface area contributed by atoms with Crippen molar-refractivity contribution in [2.75, 3.05) is 32.7 Å². The van der Waals surface area contributed by atoms with Crippen LogP contribution in [0.25, 0.3) is 0 Å². The minimum absolute atomic E-state index is 0.0965. The van der Waals surface area contributed by atoms with E-state index in [0.717, 1.165) is 50.4 Å². The Morgan fingerprint density at radius 3 is 2.07 bits per heavy atom. The van der Waals surface area contributed by atoms with Crippen molar-refractivity contribution in [3.63, 3.8) is 0 Å². The number of benzene rings is 3. The SMILES string of the molecule is CC(CN1CCN(Cc2ccccc2)CC1)c1cccc(C(=O)c2ccccc2)c1. The van der Waals surface area contributed by atoms with Crippen LogP contribution in [0.1, 0.15) is 39.9 Å². The first-order valence-corrected chi connectivity index (χ1v) is 10.9. The molecule has 3 heteroatoms. The third kappa shape index (κ3) is 5.24. The van der Waals surface area contributed by atoms with Crippen molar-refractivity contribution in [2.45, 2.75) is 19.4 Å². The van der Waals surface area contributed by atoms with Crippen molar-refractivity contribution >= 4 is 5.78 Å². The summed E-state index contributed by atoms with van der Waals surface area (Å²) in [5, 5.41) is 0. The molecule has 1 unspecified atom stereocenters. The first-order valence-electron chi connectivity index (χ1n) is 10.9. The highest BCUT2D eigenvalue weighted by Crippen LogP contribution is 2.21. The van der Waals surface area contributed by atoms with Crippen molar-refractivity contribution < 1.29 is 4.79 Å². The van der Waals surface area contributed by atoms with E-state index in [-0.39, 0.29) is 5.78 Å². The Hall–Kier alpha value is -2.75. The number of rotatable bonds is 7. The van der Waals surface area contributed by atoms with Crippen molar-refractivity contribution in [2.24, 2.45) is 0 Å².